The van der Waals surface area contributed by atoms with E-state index in [0.29, 0.717) is 11.5 Å². The Morgan fingerprint density at radius 1 is 1.25 bits per heavy atom. The number of nitrogens with zero attached hydrogens (tertiary/aromatic N) is 2. The van der Waals surface area contributed by atoms with Crippen molar-refractivity contribution in [3.05, 3.63) is 44.0 Å². The average molecular weight is 222 g/mol. The number of rotatable bonds is 3. The van der Waals surface area contributed by atoms with Crippen LogP contribution in [-0.4, -0.2) is 9.85 Å². The van der Waals surface area contributed by atoms with E-state index in [1.165, 1.54) is 12.1 Å². The summed E-state index contributed by atoms with van der Waals surface area (Å²) in [6.07, 6.45) is 0.915. The van der Waals surface area contributed by atoms with Gasteiger partial charge in [-0.2, -0.15) is 0 Å². The highest BCUT2D eigenvalue weighted by Gasteiger charge is 2.39. The van der Waals surface area contributed by atoms with E-state index in [9.17, 15) is 20.2 Å². The second-order valence-corrected chi connectivity index (χ2v) is 4.08. The molecule has 2 atom stereocenters. The van der Waals surface area contributed by atoms with Crippen LogP contribution in [0.2, 0.25) is 0 Å². The van der Waals surface area contributed by atoms with Gasteiger partial charge in [-0.1, -0.05) is 6.92 Å². The van der Waals surface area contributed by atoms with Crippen LogP contribution in [0.4, 0.5) is 11.4 Å². The van der Waals surface area contributed by atoms with Gasteiger partial charge in [-0.15, -0.1) is 0 Å². The van der Waals surface area contributed by atoms with Crippen molar-refractivity contribution >= 4 is 11.4 Å². The van der Waals surface area contributed by atoms with Gasteiger partial charge >= 0.3 is 0 Å². The molecule has 1 aromatic rings. The van der Waals surface area contributed by atoms with Crippen LogP contribution in [0.1, 0.15) is 24.8 Å². The lowest BCUT2D eigenvalue weighted by Crippen LogP contribution is -1.97. The molecule has 1 aliphatic carbocycles. The Kier molecular flexibility index (Phi) is 2.34. The van der Waals surface area contributed by atoms with E-state index < -0.39 is 9.85 Å². The molecule has 16 heavy (non-hydrogen) atoms. The fraction of sp³-hybridized carbons (Fsp3) is 0.400. The van der Waals surface area contributed by atoms with E-state index >= 15 is 0 Å². The van der Waals surface area contributed by atoms with Crippen LogP contribution in [0, 0.1) is 26.1 Å². The maximum atomic E-state index is 10.8. The third-order valence-electron chi connectivity index (χ3n) is 2.93. The van der Waals surface area contributed by atoms with Crippen molar-refractivity contribution in [2.75, 3.05) is 0 Å². The number of benzene rings is 1. The lowest BCUT2D eigenvalue weighted by molar-refractivity contribution is -0.394. The molecule has 0 bridgehead atoms. The van der Waals surface area contributed by atoms with Gasteiger partial charge in [-0.25, -0.2) is 0 Å². The molecule has 2 rings (SSSR count). The SMILES string of the molecule is C[C@@H]1C[C@H]1c1ccc([N+](=O)[O-])cc1[N+](=O)[O-]. The van der Waals surface area contributed by atoms with Crippen molar-refractivity contribution in [1.82, 2.24) is 0 Å². The lowest BCUT2D eigenvalue weighted by Gasteiger charge is -2.00. The Hall–Kier alpha value is -1.98. The largest absolute Gasteiger partial charge is 0.279 e. The van der Waals surface area contributed by atoms with Crippen LogP contribution in [0.15, 0.2) is 18.2 Å². The zero-order valence-electron chi connectivity index (χ0n) is 8.62. The second kappa shape index (κ2) is 3.55. The van der Waals surface area contributed by atoms with Crippen molar-refractivity contribution in [3.63, 3.8) is 0 Å². The van der Waals surface area contributed by atoms with E-state index in [-0.39, 0.29) is 17.3 Å². The summed E-state index contributed by atoms with van der Waals surface area (Å²) in [7, 11) is 0. The van der Waals surface area contributed by atoms with Gasteiger partial charge in [0.2, 0.25) is 0 Å². The number of nitro benzene ring substituents is 2. The molecule has 1 aromatic carbocycles. The Labute approximate surface area is 91.2 Å². The molecule has 0 radical (unpaired) electrons. The fourth-order valence-electron chi connectivity index (χ4n) is 1.87. The molecule has 0 saturated heterocycles. The number of hydrogen-bond donors (Lipinski definition) is 0. The topological polar surface area (TPSA) is 86.3 Å². The lowest BCUT2D eigenvalue weighted by atomic mass is 10.1. The van der Waals surface area contributed by atoms with Crippen LogP contribution >= 0.6 is 0 Å². The van der Waals surface area contributed by atoms with Gasteiger partial charge in [0.05, 0.1) is 15.9 Å². The molecular formula is C10H10N2O4. The monoisotopic (exact) mass is 222 g/mol. The molecule has 1 fully saturated rings. The summed E-state index contributed by atoms with van der Waals surface area (Å²) in [5, 5.41) is 21.3. The normalized spacial score (nSPS) is 22.8. The highest BCUT2D eigenvalue weighted by molar-refractivity contribution is 5.52. The van der Waals surface area contributed by atoms with Gasteiger partial charge < -0.3 is 0 Å². The third kappa shape index (κ3) is 1.73. The Morgan fingerprint density at radius 3 is 2.31 bits per heavy atom. The van der Waals surface area contributed by atoms with Crippen LogP contribution in [-0.2, 0) is 0 Å². The van der Waals surface area contributed by atoms with Gasteiger partial charge in [-0.3, -0.25) is 20.2 Å². The zero-order valence-corrected chi connectivity index (χ0v) is 8.62. The maximum absolute atomic E-state index is 10.8. The summed E-state index contributed by atoms with van der Waals surface area (Å²) in [4.78, 5) is 20.2. The Morgan fingerprint density at radius 2 is 1.88 bits per heavy atom. The molecule has 0 unspecified atom stereocenters. The molecule has 84 valence electrons. The van der Waals surface area contributed by atoms with Gasteiger partial charge in [0.15, 0.2) is 0 Å². The minimum Gasteiger partial charge on any atom is -0.258 e. The molecule has 6 heteroatoms. The van der Waals surface area contributed by atoms with Crippen molar-refractivity contribution in [3.8, 4) is 0 Å². The first-order valence-electron chi connectivity index (χ1n) is 4.93. The summed E-state index contributed by atoms with van der Waals surface area (Å²) < 4.78 is 0. The molecule has 6 nitrogen and oxygen atoms in total. The van der Waals surface area contributed by atoms with E-state index in [1.807, 2.05) is 6.92 Å². The summed E-state index contributed by atoms with van der Waals surface area (Å²) in [5.41, 5.74) is 0.246. The predicted molar refractivity (Wildman–Crippen MR) is 56.3 cm³/mol. The van der Waals surface area contributed by atoms with Crippen molar-refractivity contribution in [1.29, 1.82) is 0 Å². The van der Waals surface area contributed by atoms with Crippen molar-refractivity contribution < 1.29 is 9.85 Å². The second-order valence-electron chi connectivity index (χ2n) is 4.08. The van der Waals surface area contributed by atoms with E-state index in [2.05, 4.69) is 0 Å². The van der Waals surface area contributed by atoms with E-state index in [0.717, 1.165) is 12.5 Å². The molecule has 0 heterocycles. The third-order valence-corrected chi connectivity index (χ3v) is 2.93. The Balaban J connectivity index is 2.45. The summed E-state index contributed by atoms with van der Waals surface area (Å²) in [6, 6.07) is 3.87. The first-order chi connectivity index (χ1) is 7.50. The van der Waals surface area contributed by atoms with Crippen LogP contribution in [0.25, 0.3) is 0 Å². The highest BCUT2D eigenvalue weighted by Crippen LogP contribution is 2.50. The number of nitro groups is 2. The van der Waals surface area contributed by atoms with Crippen molar-refractivity contribution in [2.24, 2.45) is 5.92 Å². The molecule has 0 amide bonds. The van der Waals surface area contributed by atoms with E-state index in [4.69, 9.17) is 0 Å². The maximum Gasteiger partial charge on any atom is 0.279 e. The zero-order chi connectivity index (χ0) is 11.9. The van der Waals surface area contributed by atoms with E-state index in [1.54, 1.807) is 0 Å². The first-order valence-corrected chi connectivity index (χ1v) is 4.93. The molecule has 0 aliphatic heterocycles. The average Bonchev–Trinajstić information content (AvgIpc) is 2.94. The van der Waals surface area contributed by atoms with Gasteiger partial charge in [0.25, 0.3) is 11.4 Å². The summed E-state index contributed by atoms with van der Waals surface area (Å²) in [6.45, 7) is 2.01. The molecule has 1 aliphatic rings. The molecular weight excluding hydrogens is 212 g/mol. The molecule has 0 aromatic heterocycles. The minimum atomic E-state index is -0.618. The first kappa shape index (κ1) is 10.5. The Bertz CT molecular complexity index is 472. The number of hydrogen-bond acceptors (Lipinski definition) is 4. The summed E-state index contributed by atoms with van der Waals surface area (Å²) >= 11 is 0. The number of non-ortho nitro benzene ring substituents is 1. The van der Waals surface area contributed by atoms with Gasteiger partial charge in [-0.05, 0) is 24.3 Å². The van der Waals surface area contributed by atoms with Crippen molar-refractivity contribution in [2.45, 2.75) is 19.3 Å². The van der Waals surface area contributed by atoms with Gasteiger partial charge in [0.1, 0.15) is 0 Å². The summed E-state index contributed by atoms with van der Waals surface area (Å²) in [5.74, 6) is 0.612. The highest BCUT2D eigenvalue weighted by atomic mass is 16.6. The molecule has 0 spiro atoms. The fourth-order valence-corrected chi connectivity index (χ4v) is 1.87. The van der Waals surface area contributed by atoms with Gasteiger partial charge in [0, 0.05) is 11.6 Å². The predicted octanol–water partition coefficient (Wildman–Crippen LogP) is 2.63. The van der Waals surface area contributed by atoms with Crippen LogP contribution in [0.5, 0.6) is 0 Å². The standard InChI is InChI=1S/C10H10N2O4/c1-6-4-9(6)8-3-2-7(11(13)14)5-10(8)12(15)16/h2-3,5-6,9H,4H2,1H3/t6-,9-/m1/s1. The molecule has 0 N–H and O–H groups in total. The molecule has 1 saturated carbocycles. The van der Waals surface area contributed by atoms with Crippen LogP contribution < -0.4 is 0 Å². The quantitative estimate of drug-likeness (QED) is 0.581. The minimum absolute atomic E-state index is 0.136. The van der Waals surface area contributed by atoms with Crippen LogP contribution in [0.3, 0.4) is 0 Å². The smallest absolute Gasteiger partial charge is 0.258 e.